The lowest BCUT2D eigenvalue weighted by molar-refractivity contribution is -0.109. The number of fused-ring (bicyclic) bond motifs is 1. The van der Waals surface area contributed by atoms with Crippen molar-refractivity contribution < 1.29 is 4.79 Å². The fraction of sp³-hybridized carbons (Fsp3) is 0.111. The lowest BCUT2D eigenvalue weighted by Gasteiger charge is -1.96. The molecule has 2 aromatic heterocycles. The van der Waals surface area contributed by atoms with E-state index in [-0.39, 0.29) is 4.69 Å². The van der Waals surface area contributed by atoms with Gasteiger partial charge in [0.2, 0.25) is 4.69 Å². The van der Waals surface area contributed by atoms with Gasteiger partial charge in [0.1, 0.15) is 5.65 Å². The van der Waals surface area contributed by atoms with Crippen molar-refractivity contribution in [3.8, 4) is 0 Å². The minimum absolute atomic E-state index is 0.0295. The van der Waals surface area contributed by atoms with Gasteiger partial charge in [-0.3, -0.25) is 4.79 Å². The zero-order valence-corrected chi connectivity index (χ0v) is 8.36. The highest BCUT2D eigenvalue weighted by Crippen LogP contribution is 2.07. The third-order valence-corrected chi connectivity index (χ3v) is 2.09. The standard InChI is InChI=1S/C9H7BrN2O/c10-8(13)5-7-6-11-9-3-1-2-4-12(7)9/h1-4,6H,5H2. The largest absolute Gasteiger partial charge is 0.304 e. The van der Waals surface area contributed by atoms with E-state index in [1.807, 2.05) is 28.8 Å². The van der Waals surface area contributed by atoms with Gasteiger partial charge in [-0.2, -0.15) is 0 Å². The van der Waals surface area contributed by atoms with Gasteiger partial charge < -0.3 is 4.40 Å². The second kappa shape index (κ2) is 3.30. The van der Waals surface area contributed by atoms with Crippen LogP contribution in [0.2, 0.25) is 0 Å². The molecule has 0 saturated heterocycles. The van der Waals surface area contributed by atoms with Crippen molar-refractivity contribution in [2.45, 2.75) is 6.42 Å². The van der Waals surface area contributed by atoms with Gasteiger partial charge in [0.15, 0.2) is 0 Å². The van der Waals surface area contributed by atoms with Crippen LogP contribution in [-0.4, -0.2) is 14.1 Å². The molecule has 0 fully saturated rings. The fourth-order valence-corrected chi connectivity index (χ4v) is 1.55. The molecule has 2 rings (SSSR count). The topological polar surface area (TPSA) is 34.4 Å². The molecule has 13 heavy (non-hydrogen) atoms. The molecule has 0 N–H and O–H groups in total. The summed E-state index contributed by atoms with van der Waals surface area (Å²) in [7, 11) is 0. The summed E-state index contributed by atoms with van der Waals surface area (Å²) in [4.78, 5) is 15.0. The molecule has 0 aliphatic rings. The van der Waals surface area contributed by atoms with Gasteiger partial charge in [-0.1, -0.05) is 6.07 Å². The lowest BCUT2D eigenvalue weighted by Crippen LogP contribution is -1.97. The zero-order valence-electron chi connectivity index (χ0n) is 6.77. The second-order valence-electron chi connectivity index (χ2n) is 2.71. The predicted molar refractivity (Wildman–Crippen MR) is 52.8 cm³/mol. The summed E-state index contributed by atoms with van der Waals surface area (Å²) >= 11 is 2.90. The monoisotopic (exact) mass is 238 g/mol. The van der Waals surface area contributed by atoms with E-state index in [9.17, 15) is 4.79 Å². The quantitative estimate of drug-likeness (QED) is 0.749. The Balaban J connectivity index is 2.51. The Morgan fingerprint density at radius 3 is 3.15 bits per heavy atom. The third-order valence-electron chi connectivity index (χ3n) is 1.81. The number of rotatable bonds is 2. The lowest BCUT2D eigenvalue weighted by atomic mass is 10.3. The highest BCUT2D eigenvalue weighted by atomic mass is 79.9. The first-order valence-corrected chi connectivity index (χ1v) is 4.66. The Bertz CT molecular complexity index is 450. The first-order valence-electron chi connectivity index (χ1n) is 3.86. The van der Waals surface area contributed by atoms with Crippen molar-refractivity contribution in [2.24, 2.45) is 0 Å². The first-order chi connectivity index (χ1) is 6.27. The Kier molecular flexibility index (Phi) is 2.14. The maximum Gasteiger partial charge on any atom is 0.203 e. The van der Waals surface area contributed by atoms with E-state index in [4.69, 9.17) is 0 Å². The summed E-state index contributed by atoms with van der Waals surface area (Å²) in [5.74, 6) is 0. The molecule has 4 heteroatoms. The van der Waals surface area contributed by atoms with Crippen LogP contribution in [0.3, 0.4) is 0 Å². The average molecular weight is 239 g/mol. The predicted octanol–water partition coefficient (Wildman–Crippen LogP) is 1.80. The fourth-order valence-electron chi connectivity index (χ4n) is 1.26. The van der Waals surface area contributed by atoms with Crippen LogP contribution in [0, 0.1) is 0 Å². The molecule has 0 saturated carbocycles. The molecule has 2 heterocycles. The van der Waals surface area contributed by atoms with E-state index >= 15 is 0 Å². The van der Waals surface area contributed by atoms with Crippen molar-refractivity contribution in [1.29, 1.82) is 0 Å². The molecule has 2 aromatic rings. The van der Waals surface area contributed by atoms with Crippen molar-refractivity contribution in [1.82, 2.24) is 9.38 Å². The third kappa shape index (κ3) is 1.62. The molecule has 0 amide bonds. The van der Waals surface area contributed by atoms with Crippen molar-refractivity contribution in [2.75, 3.05) is 0 Å². The number of imidazole rings is 1. The van der Waals surface area contributed by atoms with Crippen LogP contribution in [0.5, 0.6) is 0 Å². The molecular weight excluding hydrogens is 232 g/mol. The van der Waals surface area contributed by atoms with E-state index in [0.29, 0.717) is 6.42 Å². The molecule has 66 valence electrons. The summed E-state index contributed by atoms with van der Waals surface area (Å²) in [6.45, 7) is 0. The summed E-state index contributed by atoms with van der Waals surface area (Å²) in [6, 6.07) is 5.74. The highest BCUT2D eigenvalue weighted by molar-refractivity contribution is 9.18. The van der Waals surface area contributed by atoms with Crippen LogP contribution in [0.1, 0.15) is 5.69 Å². The van der Waals surface area contributed by atoms with Crippen molar-refractivity contribution in [3.63, 3.8) is 0 Å². The Labute approximate surface area is 83.5 Å². The number of nitrogens with zero attached hydrogens (tertiary/aromatic N) is 2. The number of carbonyl (C=O) groups is 1. The molecule has 0 bridgehead atoms. The van der Waals surface area contributed by atoms with Gasteiger partial charge in [-0.05, 0) is 28.1 Å². The van der Waals surface area contributed by atoms with E-state index in [1.165, 1.54) is 0 Å². The van der Waals surface area contributed by atoms with Gasteiger partial charge >= 0.3 is 0 Å². The molecule has 0 spiro atoms. The second-order valence-corrected chi connectivity index (χ2v) is 3.59. The van der Waals surface area contributed by atoms with E-state index in [1.54, 1.807) is 6.20 Å². The SMILES string of the molecule is O=C(Br)Cc1cnc2ccccn12. The molecule has 0 aliphatic carbocycles. The summed E-state index contributed by atoms with van der Waals surface area (Å²) in [6.07, 6.45) is 3.98. The molecule has 0 unspecified atom stereocenters. The van der Waals surface area contributed by atoms with E-state index < -0.39 is 0 Å². The van der Waals surface area contributed by atoms with Gasteiger partial charge in [-0.15, -0.1) is 0 Å². The summed E-state index contributed by atoms with van der Waals surface area (Å²) in [5, 5.41) is 0. The molecule has 0 atom stereocenters. The maximum absolute atomic E-state index is 10.8. The number of aromatic nitrogens is 2. The molecular formula is C9H7BrN2O. The normalized spacial score (nSPS) is 10.5. The van der Waals surface area contributed by atoms with E-state index in [0.717, 1.165) is 11.3 Å². The molecule has 0 aromatic carbocycles. The highest BCUT2D eigenvalue weighted by Gasteiger charge is 2.04. The smallest absolute Gasteiger partial charge is 0.203 e. The number of halogens is 1. The number of carbonyl (C=O) groups excluding carboxylic acids is 1. The van der Waals surface area contributed by atoms with Crippen LogP contribution in [-0.2, 0) is 11.2 Å². The zero-order chi connectivity index (χ0) is 9.26. The van der Waals surface area contributed by atoms with Gasteiger partial charge in [0.05, 0.1) is 12.1 Å². The van der Waals surface area contributed by atoms with Crippen LogP contribution in [0.25, 0.3) is 5.65 Å². The van der Waals surface area contributed by atoms with Crippen LogP contribution in [0.15, 0.2) is 30.6 Å². The summed E-state index contributed by atoms with van der Waals surface area (Å²) in [5.41, 5.74) is 1.77. The molecule has 0 radical (unpaired) electrons. The van der Waals surface area contributed by atoms with Crippen molar-refractivity contribution >= 4 is 26.3 Å². The number of hydrogen-bond acceptors (Lipinski definition) is 2. The van der Waals surface area contributed by atoms with Crippen LogP contribution in [0.4, 0.5) is 0 Å². The summed E-state index contributed by atoms with van der Waals surface area (Å²) < 4.78 is 1.87. The number of hydrogen-bond donors (Lipinski definition) is 0. The van der Waals surface area contributed by atoms with Gasteiger partial charge in [0, 0.05) is 12.4 Å². The van der Waals surface area contributed by atoms with Crippen LogP contribution >= 0.6 is 15.9 Å². The Morgan fingerprint density at radius 1 is 1.54 bits per heavy atom. The first kappa shape index (κ1) is 8.44. The van der Waals surface area contributed by atoms with Gasteiger partial charge in [-0.25, -0.2) is 4.98 Å². The Hall–Kier alpha value is -1.16. The minimum atomic E-state index is -0.0295. The minimum Gasteiger partial charge on any atom is -0.304 e. The van der Waals surface area contributed by atoms with Crippen LogP contribution < -0.4 is 0 Å². The van der Waals surface area contributed by atoms with E-state index in [2.05, 4.69) is 20.9 Å². The molecule has 0 aliphatic heterocycles. The van der Waals surface area contributed by atoms with Gasteiger partial charge in [0.25, 0.3) is 0 Å². The average Bonchev–Trinajstić information content (AvgIpc) is 2.48. The maximum atomic E-state index is 10.8. The molecule has 3 nitrogen and oxygen atoms in total. The Morgan fingerprint density at radius 2 is 2.38 bits per heavy atom. The number of pyridine rings is 1. The van der Waals surface area contributed by atoms with Crippen molar-refractivity contribution in [3.05, 3.63) is 36.3 Å².